The highest BCUT2D eigenvalue weighted by Gasteiger charge is 2.34. The Morgan fingerprint density at radius 2 is 2.00 bits per heavy atom. The van der Waals surface area contributed by atoms with Crippen molar-refractivity contribution in [3.8, 4) is 0 Å². The molecule has 1 saturated heterocycles. The van der Waals surface area contributed by atoms with E-state index in [1.54, 1.807) is 0 Å². The summed E-state index contributed by atoms with van der Waals surface area (Å²) in [5.74, 6) is 2.33. The van der Waals surface area contributed by atoms with Crippen LogP contribution in [0.25, 0.3) is 0 Å². The maximum absolute atomic E-state index is 5.75. The number of hydrogen-bond acceptors (Lipinski definition) is 4. The van der Waals surface area contributed by atoms with Gasteiger partial charge in [-0.1, -0.05) is 12.8 Å². The van der Waals surface area contributed by atoms with E-state index in [1.807, 2.05) is 6.20 Å². The van der Waals surface area contributed by atoms with Crippen molar-refractivity contribution in [1.29, 1.82) is 0 Å². The van der Waals surface area contributed by atoms with Gasteiger partial charge in [-0.05, 0) is 38.5 Å². The summed E-state index contributed by atoms with van der Waals surface area (Å²) in [7, 11) is 0. The van der Waals surface area contributed by atoms with E-state index in [4.69, 9.17) is 5.73 Å². The molecule has 0 spiro atoms. The quantitative estimate of drug-likeness (QED) is 0.827. The Labute approximate surface area is 109 Å². The van der Waals surface area contributed by atoms with Gasteiger partial charge in [0.25, 0.3) is 0 Å². The number of fused-ring (bicyclic) bond motifs is 1. The summed E-state index contributed by atoms with van der Waals surface area (Å²) in [6.45, 7) is 3.21. The molecule has 4 nitrogen and oxygen atoms in total. The second-order valence-electron chi connectivity index (χ2n) is 5.68. The third-order valence-corrected chi connectivity index (χ3v) is 4.48. The van der Waals surface area contributed by atoms with Crippen LogP contribution in [0.2, 0.25) is 0 Å². The molecule has 0 bridgehead atoms. The number of aryl methyl sites for hydroxylation is 1. The lowest BCUT2D eigenvalue weighted by atomic mass is 9.78. The zero-order valence-electron chi connectivity index (χ0n) is 11.1. The third kappa shape index (κ3) is 2.04. The SMILES string of the molecule is Cc1cnc(N)nc1N1CCCC2CCCCC21. The Balaban J connectivity index is 1.91. The molecule has 2 unspecified atom stereocenters. The fourth-order valence-corrected chi connectivity index (χ4v) is 3.62. The summed E-state index contributed by atoms with van der Waals surface area (Å²) in [5, 5.41) is 0. The largest absolute Gasteiger partial charge is 0.368 e. The van der Waals surface area contributed by atoms with E-state index < -0.39 is 0 Å². The fourth-order valence-electron chi connectivity index (χ4n) is 3.62. The number of nitrogens with two attached hydrogens (primary N) is 1. The summed E-state index contributed by atoms with van der Waals surface area (Å²) in [6.07, 6.45) is 9.99. The number of aromatic nitrogens is 2. The Morgan fingerprint density at radius 3 is 2.89 bits per heavy atom. The van der Waals surface area contributed by atoms with E-state index in [-0.39, 0.29) is 0 Å². The molecule has 2 heterocycles. The number of rotatable bonds is 1. The van der Waals surface area contributed by atoms with Gasteiger partial charge >= 0.3 is 0 Å². The monoisotopic (exact) mass is 246 g/mol. The highest BCUT2D eigenvalue weighted by molar-refractivity contribution is 5.49. The normalized spacial score (nSPS) is 27.9. The summed E-state index contributed by atoms with van der Waals surface area (Å²) in [5.41, 5.74) is 6.90. The highest BCUT2D eigenvalue weighted by Crippen LogP contribution is 2.37. The predicted molar refractivity (Wildman–Crippen MR) is 73.5 cm³/mol. The molecule has 1 aliphatic carbocycles. The molecule has 0 amide bonds. The number of hydrogen-bond donors (Lipinski definition) is 1. The Bertz CT molecular complexity index is 430. The van der Waals surface area contributed by atoms with Gasteiger partial charge in [-0.25, -0.2) is 4.98 Å². The van der Waals surface area contributed by atoms with E-state index >= 15 is 0 Å². The second kappa shape index (κ2) is 4.75. The Morgan fingerprint density at radius 1 is 1.22 bits per heavy atom. The molecule has 2 N–H and O–H groups in total. The molecule has 0 radical (unpaired) electrons. The van der Waals surface area contributed by atoms with Crippen molar-refractivity contribution >= 4 is 11.8 Å². The average Bonchev–Trinajstić information content (AvgIpc) is 2.41. The molecule has 1 aromatic heterocycles. The standard InChI is InChI=1S/C14H22N4/c1-10-9-16-14(15)17-13(10)18-8-4-6-11-5-2-3-7-12(11)18/h9,11-12H,2-8H2,1H3,(H2,15,16,17). The van der Waals surface area contributed by atoms with E-state index in [0.29, 0.717) is 12.0 Å². The molecule has 2 aliphatic rings. The van der Waals surface area contributed by atoms with Gasteiger partial charge in [-0.3, -0.25) is 0 Å². The average molecular weight is 246 g/mol. The molecule has 1 aromatic rings. The molecule has 1 aliphatic heterocycles. The van der Waals surface area contributed by atoms with E-state index in [1.165, 1.54) is 38.5 Å². The minimum Gasteiger partial charge on any atom is -0.368 e. The third-order valence-electron chi connectivity index (χ3n) is 4.48. The zero-order valence-corrected chi connectivity index (χ0v) is 11.1. The van der Waals surface area contributed by atoms with Crippen LogP contribution in [0.5, 0.6) is 0 Å². The van der Waals surface area contributed by atoms with Crippen LogP contribution in [-0.4, -0.2) is 22.6 Å². The number of nitrogen functional groups attached to an aromatic ring is 1. The molecule has 1 saturated carbocycles. The van der Waals surface area contributed by atoms with Gasteiger partial charge in [0.1, 0.15) is 5.82 Å². The van der Waals surface area contributed by atoms with Crippen molar-refractivity contribution < 1.29 is 0 Å². The minimum atomic E-state index is 0.397. The zero-order chi connectivity index (χ0) is 12.5. The molecule has 18 heavy (non-hydrogen) atoms. The maximum atomic E-state index is 5.75. The van der Waals surface area contributed by atoms with Crippen LogP contribution >= 0.6 is 0 Å². The number of piperidine rings is 1. The molecule has 0 aromatic carbocycles. The van der Waals surface area contributed by atoms with E-state index in [0.717, 1.165) is 23.8 Å². The summed E-state index contributed by atoms with van der Waals surface area (Å²) >= 11 is 0. The molecule has 4 heteroatoms. The first-order chi connectivity index (χ1) is 8.75. The van der Waals surface area contributed by atoms with Crippen molar-refractivity contribution in [2.45, 2.75) is 51.5 Å². The van der Waals surface area contributed by atoms with Gasteiger partial charge in [0.05, 0.1) is 0 Å². The van der Waals surface area contributed by atoms with Crippen LogP contribution in [0.15, 0.2) is 6.20 Å². The van der Waals surface area contributed by atoms with Gasteiger partial charge in [0.2, 0.25) is 5.95 Å². The topological polar surface area (TPSA) is 55.0 Å². The smallest absolute Gasteiger partial charge is 0.221 e. The molecular formula is C14H22N4. The Kier molecular flexibility index (Phi) is 3.10. The van der Waals surface area contributed by atoms with E-state index in [2.05, 4.69) is 21.8 Å². The van der Waals surface area contributed by atoms with Crippen molar-refractivity contribution in [3.05, 3.63) is 11.8 Å². The van der Waals surface area contributed by atoms with Gasteiger partial charge in [-0.15, -0.1) is 0 Å². The fraction of sp³-hybridized carbons (Fsp3) is 0.714. The van der Waals surface area contributed by atoms with E-state index in [9.17, 15) is 0 Å². The maximum Gasteiger partial charge on any atom is 0.221 e. The van der Waals surface area contributed by atoms with Crippen molar-refractivity contribution in [2.24, 2.45) is 5.92 Å². The highest BCUT2D eigenvalue weighted by atomic mass is 15.2. The molecular weight excluding hydrogens is 224 g/mol. The van der Waals surface area contributed by atoms with Crippen LogP contribution in [0, 0.1) is 12.8 Å². The van der Waals surface area contributed by atoms with Crippen molar-refractivity contribution in [3.63, 3.8) is 0 Å². The summed E-state index contributed by atoms with van der Waals surface area (Å²) in [4.78, 5) is 11.1. The van der Waals surface area contributed by atoms with Gasteiger partial charge in [0, 0.05) is 24.3 Å². The van der Waals surface area contributed by atoms with Gasteiger partial charge in [0.15, 0.2) is 0 Å². The molecule has 98 valence electrons. The van der Waals surface area contributed by atoms with Crippen molar-refractivity contribution in [2.75, 3.05) is 17.2 Å². The van der Waals surface area contributed by atoms with Crippen LogP contribution in [0.1, 0.15) is 44.1 Å². The van der Waals surface area contributed by atoms with Crippen LogP contribution < -0.4 is 10.6 Å². The first-order valence-corrected chi connectivity index (χ1v) is 7.11. The van der Waals surface area contributed by atoms with Crippen molar-refractivity contribution in [1.82, 2.24) is 9.97 Å². The molecule has 3 rings (SSSR count). The first-order valence-electron chi connectivity index (χ1n) is 7.11. The molecule has 2 atom stereocenters. The van der Waals surface area contributed by atoms with Crippen LogP contribution in [0.4, 0.5) is 11.8 Å². The first kappa shape index (κ1) is 11.8. The second-order valence-corrected chi connectivity index (χ2v) is 5.68. The lowest BCUT2D eigenvalue weighted by molar-refractivity contribution is 0.242. The van der Waals surface area contributed by atoms with Crippen LogP contribution in [-0.2, 0) is 0 Å². The number of nitrogens with zero attached hydrogens (tertiary/aromatic N) is 3. The lowest BCUT2D eigenvalue weighted by Crippen LogP contribution is -2.47. The minimum absolute atomic E-state index is 0.397. The number of anilines is 2. The molecule has 2 fully saturated rings. The van der Waals surface area contributed by atoms with Gasteiger partial charge in [-0.2, -0.15) is 4.98 Å². The predicted octanol–water partition coefficient (Wildman–Crippen LogP) is 2.53. The Hall–Kier alpha value is -1.32. The van der Waals surface area contributed by atoms with Gasteiger partial charge < -0.3 is 10.6 Å². The van der Waals surface area contributed by atoms with Crippen LogP contribution in [0.3, 0.4) is 0 Å². The summed E-state index contributed by atoms with van der Waals surface area (Å²) in [6, 6.07) is 0.681. The lowest BCUT2D eigenvalue weighted by Gasteiger charge is -2.45. The summed E-state index contributed by atoms with van der Waals surface area (Å²) < 4.78 is 0.